The maximum atomic E-state index is 5.32. The molecule has 5 heteroatoms. The molecule has 0 aliphatic heterocycles. The first kappa shape index (κ1) is 5.96. The number of rotatable bonds is 1. The van der Waals surface area contributed by atoms with Crippen molar-refractivity contribution in [1.82, 2.24) is 15.4 Å². The second-order valence-corrected chi connectivity index (χ2v) is 2.08. The molecule has 0 fully saturated rings. The van der Waals surface area contributed by atoms with Gasteiger partial charge in [-0.1, -0.05) is 5.16 Å². The smallest absolute Gasteiger partial charge is 0.222 e. The van der Waals surface area contributed by atoms with E-state index in [2.05, 4.69) is 19.9 Å². The van der Waals surface area contributed by atoms with E-state index in [-0.39, 0.29) is 0 Å². The van der Waals surface area contributed by atoms with Crippen LogP contribution in [0.15, 0.2) is 22.9 Å². The van der Waals surface area contributed by atoms with Gasteiger partial charge in [-0.2, -0.15) is 5.10 Å². The molecule has 0 radical (unpaired) electrons. The van der Waals surface area contributed by atoms with Gasteiger partial charge >= 0.3 is 0 Å². The highest BCUT2D eigenvalue weighted by Crippen LogP contribution is 2.16. The van der Waals surface area contributed by atoms with Crippen LogP contribution in [-0.4, -0.2) is 15.4 Å². The van der Waals surface area contributed by atoms with Crippen molar-refractivity contribution in [2.75, 3.05) is 5.73 Å². The molecular formula is C6H6N4O. The number of nitrogens with one attached hydrogen (secondary N) is 1. The molecule has 0 aliphatic rings. The lowest BCUT2D eigenvalue weighted by Gasteiger charge is -1.82. The third-order valence-electron chi connectivity index (χ3n) is 1.31. The fourth-order valence-electron chi connectivity index (χ4n) is 0.815. The van der Waals surface area contributed by atoms with Crippen LogP contribution in [0, 0.1) is 0 Å². The summed E-state index contributed by atoms with van der Waals surface area (Å²) in [7, 11) is 0. The lowest BCUT2D eigenvalue weighted by molar-refractivity contribution is 0.439. The minimum Gasteiger partial charge on any atom is -0.368 e. The molecule has 0 aromatic carbocycles. The van der Waals surface area contributed by atoms with Gasteiger partial charge in [0, 0.05) is 12.3 Å². The van der Waals surface area contributed by atoms with Gasteiger partial charge in [0.25, 0.3) is 0 Å². The Morgan fingerprint density at radius 1 is 1.55 bits per heavy atom. The summed E-state index contributed by atoms with van der Waals surface area (Å²) >= 11 is 0. The second-order valence-electron chi connectivity index (χ2n) is 2.08. The van der Waals surface area contributed by atoms with Crippen molar-refractivity contribution in [2.24, 2.45) is 0 Å². The normalized spacial score (nSPS) is 10.2. The Balaban J connectivity index is 2.45. The maximum absolute atomic E-state index is 5.32. The molecule has 11 heavy (non-hydrogen) atoms. The van der Waals surface area contributed by atoms with Gasteiger partial charge in [-0.3, -0.25) is 5.10 Å². The van der Waals surface area contributed by atoms with Crippen LogP contribution in [0.1, 0.15) is 0 Å². The fourth-order valence-corrected chi connectivity index (χ4v) is 0.815. The number of nitrogens with two attached hydrogens (primary N) is 1. The molecule has 0 unspecified atom stereocenters. The highest BCUT2D eigenvalue weighted by atomic mass is 16.5. The Morgan fingerprint density at radius 2 is 2.45 bits per heavy atom. The first-order valence-corrected chi connectivity index (χ1v) is 3.08. The summed E-state index contributed by atoms with van der Waals surface area (Å²) < 4.78 is 4.67. The number of nitrogen functional groups attached to an aromatic ring is 1. The van der Waals surface area contributed by atoms with Crippen molar-refractivity contribution < 1.29 is 4.52 Å². The van der Waals surface area contributed by atoms with Crippen LogP contribution in [0.25, 0.3) is 11.4 Å². The number of H-pyrrole nitrogens is 1. The van der Waals surface area contributed by atoms with Crippen molar-refractivity contribution in [3.63, 3.8) is 0 Å². The van der Waals surface area contributed by atoms with Crippen molar-refractivity contribution in [3.8, 4) is 11.4 Å². The summed E-state index contributed by atoms with van der Waals surface area (Å²) in [5.41, 5.74) is 6.78. The van der Waals surface area contributed by atoms with E-state index in [0.29, 0.717) is 11.6 Å². The number of hydrogen-bond donors (Lipinski definition) is 2. The predicted molar refractivity (Wildman–Crippen MR) is 38.5 cm³/mol. The highest BCUT2D eigenvalue weighted by Gasteiger charge is 2.03. The van der Waals surface area contributed by atoms with E-state index < -0.39 is 0 Å². The Morgan fingerprint density at radius 3 is 3.00 bits per heavy atom. The first-order chi connectivity index (χ1) is 5.36. The van der Waals surface area contributed by atoms with Crippen LogP contribution in [0.4, 0.5) is 5.88 Å². The van der Waals surface area contributed by atoms with Crippen LogP contribution in [-0.2, 0) is 0 Å². The molecule has 0 spiro atoms. The second kappa shape index (κ2) is 2.12. The number of nitrogens with zero attached hydrogens (tertiary/aromatic N) is 2. The van der Waals surface area contributed by atoms with Gasteiger partial charge in [0.1, 0.15) is 5.69 Å². The molecular weight excluding hydrogens is 144 g/mol. The number of anilines is 1. The summed E-state index contributed by atoms with van der Waals surface area (Å²) in [6.45, 7) is 0. The van der Waals surface area contributed by atoms with E-state index in [1.54, 1.807) is 18.3 Å². The van der Waals surface area contributed by atoms with Crippen LogP contribution in [0.2, 0.25) is 0 Å². The van der Waals surface area contributed by atoms with Gasteiger partial charge in [0.2, 0.25) is 5.88 Å². The van der Waals surface area contributed by atoms with Crippen LogP contribution in [0.3, 0.4) is 0 Å². The summed E-state index contributed by atoms with van der Waals surface area (Å²) in [5.74, 6) is 0.301. The predicted octanol–water partition coefficient (Wildman–Crippen LogP) is 0.647. The summed E-state index contributed by atoms with van der Waals surface area (Å²) in [6.07, 6.45) is 1.64. The minimum absolute atomic E-state index is 0.301. The van der Waals surface area contributed by atoms with E-state index in [0.717, 1.165) is 5.69 Å². The third kappa shape index (κ3) is 0.958. The zero-order chi connectivity index (χ0) is 7.68. The summed E-state index contributed by atoms with van der Waals surface area (Å²) in [6, 6.07) is 3.42. The lowest BCUT2D eigenvalue weighted by Crippen LogP contribution is -1.77. The van der Waals surface area contributed by atoms with Gasteiger partial charge in [-0.15, -0.1) is 0 Å². The van der Waals surface area contributed by atoms with E-state index >= 15 is 0 Å². The minimum atomic E-state index is 0.301. The topological polar surface area (TPSA) is 80.7 Å². The van der Waals surface area contributed by atoms with Crippen molar-refractivity contribution in [2.45, 2.75) is 0 Å². The average Bonchev–Trinajstić information content (AvgIpc) is 2.55. The van der Waals surface area contributed by atoms with Gasteiger partial charge in [0.05, 0.1) is 5.69 Å². The molecule has 5 nitrogen and oxygen atoms in total. The van der Waals surface area contributed by atoms with E-state index in [9.17, 15) is 0 Å². The van der Waals surface area contributed by atoms with Crippen molar-refractivity contribution >= 4 is 5.88 Å². The largest absolute Gasteiger partial charge is 0.368 e. The van der Waals surface area contributed by atoms with Crippen molar-refractivity contribution in [1.29, 1.82) is 0 Å². The molecule has 0 amide bonds. The summed E-state index contributed by atoms with van der Waals surface area (Å²) in [4.78, 5) is 0. The van der Waals surface area contributed by atoms with E-state index in [4.69, 9.17) is 5.73 Å². The molecule has 2 heterocycles. The number of hydrogen-bond acceptors (Lipinski definition) is 4. The van der Waals surface area contributed by atoms with Crippen LogP contribution in [0.5, 0.6) is 0 Å². The van der Waals surface area contributed by atoms with Crippen LogP contribution < -0.4 is 5.73 Å². The molecule has 0 atom stereocenters. The van der Waals surface area contributed by atoms with Gasteiger partial charge < -0.3 is 10.3 Å². The van der Waals surface area contributed by atoms with Gasteiger partial charge in [-0.25, -0.2) is 0 Å². The molecule has 2 rings (SSSR count). The van der Waals surface area contributed by atoms with E-state index in [1.165, 1.54) is 0 Å². The van der Waals surface area contributed by atoms with Crippen molar-refractivity contribution in [3.05, 3.63) is 18.3 Å². The molecule has 0 saturated carbocycles. The molecule has 3 N–H and O–H groups in total. The van der Waals surface area contributed by atoms with Crippen LogP contribution >= 0.6 is 0 Å². The molecule has 2 aromatic rings. The Bertz CT molecular complexity index is 337. The first-order valence-electron chi connectivity index (χ1n) is 3.08. The fraction of sp³-hybridized carbons (Fsp3) is 0. The standard InChI is InChI=1S/C6H6N4O/c7-6-3-5(10-11-6)4-1-2-8-9-4/h1-3H,7H2,(H,8,9). The number of aromatic amines is 1. The monoisotopic (exact) mass is 150 g/mol. The third-order valence-corrected chi connectivity index (χ3v) is 1.31. The SMILES string of the molecule is Nc1cc(-c2ccn[nH]2)no1. The number of aromatic nitrogens is 3. The Kier molecular flexibility index (Phi) is 1.15. The Labute approximate surface area is 62.2 Å². The zero-order valence-corrected chi connectivity index (χ0v) is 5.61. The molecule has 2 aromatic heterocycles. The van der Waals surface area contributed by atoms with E-state index in [1.807, 2.05) is 0 Å². The molecule has 56 valence electrons. The zero-order valence-electron chi connectivity index (χ0n) is 5.61. The maximum Gasteiger partial charge on any atom is 0.222 e. The summed E-state index contributed by atoms with van der Waals surface area (Å²) in [5, 5.41) is 10.2. The Hall–Kier alpha value is -1.78. The highest BCUT2D eigenvalue weighted by molar-refractivity contribution is 5.55. The van der Waals surface area contributed by atoms with Gasteiger partial charge in [-0.05, 0) is 6.07 Å². The molecule has 0 bridgehead atoms. The molecule has 0 aliphatic carbocycles. The average molecular weight is 150 g/mol. The lowest BCUT2D eigenvalue weighted by atomic mass is 10.3. The van der Waals surface area contributed by atoms with Gasteiger partial charge in [0.15, 0.2) is 0 Å². The quantitative estimate of drug-likeness (QED) is 0.625. The molecule has 0 saturated heterocycles.